The maximum absolute atomic E-state index is 13.7. The Morgan fingerprint density at radius 2 is 0.828 bits per heavy atom. The topological polar surface area (TPSA) is 207 Å². The Morgan fingerprint density at radius 1 is 0.531 bits per heavy atom. The van der Waals surface area contributed by atoms with E-state index in [0.29, 0.717) is 109 Å². The highest BCUT2D eigenvalue weighted by Gasteiger charge is 2.38. The molecule has 6 atom stereocenters. The van der Waals surface area contributed by atoms with Crippen molar-refractivity contribution >= 4 is 18.3 Å². The molecule has 366 valence electrons. The maximum atomic E-state index is 13.7. The van der Waals surface area contributed by atoms with Gasteiger partial charge in [0.15, 0.2) is 0 Å². The third-order valence-corrected chi connectivity index (χ3v) is 12.1. The Hall–Kier alpha value is -3.94. The third kappa shape index (κ3) is 18.5. The minimum Gasteiger partial charge on any atom is -0.442 e. The van der Waals surface area contributed by atoms with Crippen molar-refractivity contribution in [2.24, 2.45) is 5.84 Å². The lowest BCUT2D eigenvalue weighted by Crippen LogP contribution is -2.54. The van der Waals surface area contributed by atoms with Crippen LogP contribution >= 0.6 is 0 Å². The summed E-state index contributed by atoms with van der Waals surface area (Å²) in [5, 5.41) is 6.74. The van der Waals surface area contributed by atoms with Crippen LogP contribution in [0.5, 0.6) is 0 Å². The summed E-state index contributed by atoms with van der Waals surface area (Å²) in [6.07, 6.45) is 6.58. The summed E-state index contributed by atoms with van der Waals surface area (Å²) in [6, 6.07) is 1.55. The van der Waals surface area contributed by atoms with Crippen LogP contribution in [0.2, 0.25) is 0 Å². The third-order valence-electron chi connectivity index (χ3n) is 12.1. The Kier molecular flexibility index (Phi) is 19.8. The molecule has 19 nitrogen and oxygen atoms in total. The highest BCUT2D eigenvalue weighted by Crippen LogP contribution is 2.24. The number of nitrogens with two attached hydrogens (primary N) is 1. The molecule has 0 radical (unpaired) electrons. The number of carbonyl (C=O) groups is 3. The zero-order valence-corrected chi connectivity index (χ0v) is 40.6. The number of hydrogen-bond acceptors (Lipinski definition) is 13. The Morgan fingerprint density at radius 3 is 1.16 bits per heavy atom. The molecule has 1 aromatic rings. The summed E-state index contributed by atoms with van der Waals surface area (Å²) in [6.45, 7) is 24.5. The first-order valence-electron chi connectivity index (χ1n) is 23.9. The van der Waals surface area contributed by atoms with Crippen LogP contribution < -0.4 is 33.5 Å². The number of aromatic nitrogens is 3. The number of nitrogens with zero attached hydrogens (tertiary/aromatic N) is 7. The van der Waals surface area contributed by atoms with Gasteiger partial charge in [-0.05, 0) is 101 Å². The van der Waals surface area contributed by atoms with Gasteiger partial charge < -0.3 is 24.8 Å². The van der Waals surface area contributed by atoms with Gasteiger partial charge in [0.1, 0.15) is 16.8 Å². The number of hydrogen-bond donors (Lipinski definition) is 3. The number of carbonyl (C=O) groups excluding carboxylic acids is 3. The quantitative estimate of drug-likeness (QED) is 0.0249. The molecule has 4 N–H and O–H groups in total. The summed E-state index contributed by atoms with van der Waals surface area (Å²) in [5.74, 6) is 6.02. The standard InChI is InChI=1S/C45H82N10O9/c1-34-28-49(34)31-43(4,5)62-37(56)47-22-16-10-12-18-24-52-39(58)53(25-19-13-11-17-23-48-38(57)63-44(6,7)32-50-29-35(50)2)41(60)54(40(52)59)26-20-14-15-21-27-55(46)42(61)64-45(8,9)33-51-30-36(51)3/h34-36H,10-33,46H2,1-9H3,(H,47,56)(H,48,57). The normalized spacial score (nSPS) is 21.5. The van der Waals surface area contributed by atoms with Gasteiger partial charge in [-0.3, -0.25) is 14.7 Å². The molecule has 6 unspecified atom stereocenters. The first-order chi connectivity index (χ1) is 30.1. The van der Waals surface area contributed by atoms with Crippen molar-refractivity contribution in [3.63, 3.8) is 0 Å². The molecule has 4 heterocycles. The van der Waals surface area contributed by atoms with Crippen LogP contribution in [0.4, 0.5) is 14.4 Å². The van der Waals surface area contributed by atoms with Gasteiger partial charge >= 0.3 is 35.3 Å². The molecule has 0 saturated carbocycles. The monoisotopic (exact) mass is 907 g/mol. The second-order valence-electron chi connectivity index (χ2n) is 20.4. The van der Waals surface area contributed by atoms with E-state index in [9.17, 15) is 28.8 Å². The van der Waals surface area contributed by atoms with Crippen molar-refractivity contribution in [3.05, 3.63) is 31.5 Å². The van der Waals surface area contributed by atoms with Crippen LogP contribution in [0.15, 0.2) is 14.4 Å². The molecular formula is C45H82N10O9. The number of hydrazine groups is 1. The van der Waals surface area contributed by atoms with Crippen LogP contribution in [0.1, 0.15) is 139 Å². The molecule has 3 saturated heterocycles. The van der Waals surface area contributed by atoms with E-state index in [1.807, 2.05) is 41.5 Å². The average molecular weight is 907 g/mol. The van der Waals surface area contributed by atoms with Crippen molar-refractivity contribution < 1.29 is 28.6 Å². The SMILES string of the molecule is CC1CN1CC(C)(C)OC(=O)NCCCCCCn1c(=O)n(CCCCCCNC(=O)OC(C)(C)CN2CC2C)c(=O)n(CCCCCCN(N)C(=O)OC(C)(C)CN2CC2C)c1=O. The van der Waals surface area contributed by atoms with Crippen molar-refractivity contribution in [1.82, 2.24) is 44.0 Å². The van der Waals surface area contributed by atoms with Crippen LogP contribution in [-0.4, -0.2) is 146 Å². The van der Waals surface area contributed by atoms with Gasteiger partial charge in [0.05, 0.1) is 0 Å². The zero-order chi connectivity index (χ0) is 47.2. The van der Waals surface area contributed by atoms with Gasteiger partial charge in [0, 0.05) is 96.7 Å². The van der Waals surface area contributed by atoms with Crippen LogP contribution in [-0.2, 0) is 33.8 Å². The van der Waals surface area contributed by atoms with E-state index in [-0.39, 0.29) is 19.6 Å². The van der Waals surface area contributed by atoms with E-state index < -0.39 is 52.2 Å². The molecule has 0 bridgehead atoms. The Bertz CT molecular complexity index is 1760. The highest BCUT2D eigenvalue weighted by atomic mass is 16.6. The Balaban J connectivity index is 1.23. The summed E-state index contributed by atoms with van der Waals surface area (Å²) >= 11 is 0. The maximum Gasteiger partial charge on any atom is 0.424 e. The highest BCUT2D eigenvalue weighted by molar-refractivity contribution is 5.68. The Labute approximate surface area is 380 Å². The number of rotatable bonds is 30. The van der Waals surface area contributed by atoms with Crippen LogP contribution in [0, 0.1) is 0 Å². The largest absolute Gasteiger partial charge is 0.442 e. The van der Waals surface area contributed by atoms with E-state index in [4.69, 9.17) is 20.1 Å². The van der Waals surface area contributed by atoms with E-state index in [2.05, 4.69) is 46.1 Å². The van der Waals surface area contributed by atoms with Gasteiger partial charge in [-0.15, -0.1) is 0 Å². The number of ether oxygens (including phenoxy) is 3. The number of alkyl carbamates (subject to hydrolysis) is 2. The van der Waals surface area contributed by atoms with Gasteiger partial charge in [-0.1, -0.05) is 38.5 Å². The van der Waals surface area contributed by atoms with Gasteiger partial charge in [0.2, 0.25) is 0 Å². The lowest BCUT2D eigenvalue weighted by molar-refractivity contribution is 0.00453. The number of unbranched alkanes of at least 4 members (excludes halogenated alkanes) is 9. The molecule has 3 fully saturated rings. The smallest absolute Gasteiger partial charge is 0.424 e. The summed E-state index contributed by atoms with van der Waals surface area (Å²) in [4.78, 5) is 85.1. The predicted octanol–water partition coefficient (Wildman–Crippen LogP) is 4.07. The minimum atomic E-state index is -0.659. The van der Waals surface area contributed by atoms with Crippen molar-refractivity contribution in [3.8, 4) is 0 Å². The van der Waals surface area contributed by atoms with E-state index >= 15 is 0 Å². The molecule has 4 rings (SSSR count). The second kappa shape index (κ2) is 24.0. The molecule has 0 aliphatic carbocycles. The first kappa shape index (κ1) is 52.7. The van der Waals surface area contributed by atoms with Crippen molar-refractivity contribution in [2.45, 2.75) is 194 Å². The lowest BCUT2D eigenvalue weighted by Gasteiger charge is -2.28. The molecule has 3 aliphatic heterocycles. The van der Waals surface area contributed by atoms with Gasteiger partial charge in [-0.25, -0.2) is 53.3 Å². The lowest BCUT2D eigenvalue weighted by atomic mass is 10.1. The summed E-state index contributed by atoms with van der Waals surface area (Å²) < 4.78 is 20.4. The van der Waals surface area contributed by atoms with E-state index in [0.717, 1.165) is 50.3 Å². The van der Waals surface area contributed by atoms with Gasteiger partial charge in [-0.2, -0.15) is 0 Å². The summed E-state index contributed by atoms with van der Waals surface area (Å²) in [7, 11) is 0. The number of amides is 3. The minimum absolute atomic E-state index is 0.153. The fourth-order valence-electron chi connectivity index (χ4n) is 8.10. The second-order valence-corrected chi connectivity index (χ2v) is 20.4. The number of nitrogens with one attached hydrogen (secondary N) is 2. The summed E-state index contributed by atoms with van der Waals surface area (Å²) in [5.41, 5.74) is -3.67. The molecular weight excluding hydrogens is 825 g/mol. The molecule has 3 amide bonds. The fraction of sp³-hybridized carbons (Fsp3) is 0.867. The molecule has 1 aromatic heterocycles. The van der Waals surface area contributed by atoms with E-state index in [1.165, 1.54) is 13.7 Å². The van der Waals surface area contributed by atoms with Crippen LogP contribution in [0.25, 0.3) is 0 Å². The van der Waals surface area contributed by atoms with E-state index in [1.54, 1.807) is 0 Å². The average Bonchev–Trinajstić information content (AvgIpc) is 4.16. The van der Waals surface area contributed by atoms with Crippen molar-refractivity contribution in [1.29, 1.82) is 0 Å². The fourth-order valence-corrected chi connectivity index (χ4v) is 8.10. The zero-order valence-electron chi connectivity index (χ0n) is 40.6. The molecule has 19 heteroatoms. The molecule has 0 spiro atoms. The molecule has 64 heavy (non-hydrogen) atoms. The predicted molar refractivity (Wildman–Crippen MR) is 246 cm³/mol. The van der Waals surface area contributed by atoms with Gasteiger partial charge in [0.25, 0.3) is 0 Å². The first-order valence-corrected chi connectivity index (χ1v) is 23.9. The molecule has 0 aromatic carbocycles. The molecule has 3 aliphatic rings. The van der Waals surface area contributed by atoms with Crippen LogP contribution in [0.3, 0.4) is 0 Å². The van der Waals surface area contributed by atoms with Crippen molar-refractivity contribution in [2.75, 3.05) is 58.9 Å².